The minimum atomic E-state index is -1.72. The Bertz CT molecular complexity index is 775. The predicted octanol–water partition coefficient (Wildman–Crippen LogP) is 5.50. The van der Waals surface area contributed by atoms with Crippen LogP contribution in [0, 0.1) is 0 Å². The van der Waals surface area contributed by atoms with E-state index in [-0.39, 0.29) is 0 Å². The molecular weight excluding hydrogens is 338 g/mol. The van der Waals surface area contributed by atoms with E-state index < -0.39 is 8.07 Å². The molecule has 0 aliphatic rings. The molecule has 3 aromatic rings. The molecule has 1 aromatic heterocycles. The first-order chi connectivity index (χ1) is 12.1. The maximum Gasteiger partial charge on any atom is 0.0962 e. The Kier molecular flexibility index (Phi) is 5.77. The summed E-state index contributed by atoms with van der Waals surface area (Å²) in [5.74, 6) is 0. The molecule has 0 bridgehead atoms. The van der Waals surface area contributed by atoms with Crippen molar-refractivity contribution < 1.29 is 0 Å². The van der Waals surface area contributed by atoms with E-state index in [1.165, 1.54) is 10.8 Å². The molecule has 128 valence electrons. The van der Waals surface area contributed by atoms with E-state index >= 15 is 0 Å². The van der Waals surface area contributed by atoms with Crippen LogP contribution in [0.3, 0.4) is 0 Å². The van der Waals surface area contributed by atoms with Gasteiger partial charge in [0.05, 0.1) is 13.1 Å². The van der Waals surface area contributed by atoms with Crippen molar-refractivity contribution in [3.63, 3.8) is 0 Å². The quantitative estimate of drug-likeness (QED) is 0.423. The number of hydrogen-bond acceptors (Lipinski definition) is 2. The monoisotopic (exact) mass is 363 g/mol. The van der Waals surface area contributed by atoms with Crippen LogP contribution < -0.4 is 5.19 Å². The van der Waals surface area contributed by atoms with Gasteiger partial charge in [0.2, 0.25) is 0 Å². The van der Waals surface area contributed by atoms with Crippen LogP contribution >= 0.6 is 11.8 Å². The summed E-state index contributed by atoms with van der Waals surface area (Å²) < 4.78 is 0. The van der Waals surface area contributed by atoms with E-state index in [0.29, 0.717) is 10.8 Å². The second kappa shape index (κ2) is 8.02. The van der Waals surface area contributed by atoms with Crippen LogP contribution in [-0.4, -0.2) is 18.3 Å². The van der Waals surface area contributed by atoms with Crippen molar-refractivity contribution in [2.24, 2.45) is 0 Å². The fourth-order valence-electron chi connectivity index (χ4n) is 3.66. The molecule has 2 atom stereocenters. The first-order valence-corrected chi connectivity index (χ1v) is 12.7. The van der Waals surface area contributed by atoms with Gasteiger partial charge in [-0.2, -0.15) is 0 Å². The number of thioether (sulfide) groups is 1. The molecule has 0 unspecified atom stereocenters. The number of rotatable bonds is 6. The summed E-state index contributed by atoms with van der Waals surface area (Å²) in [6.07, 6.45) is 1.88. The first-order valence-electron chi connectivity index (χ1n) is 8.77. The average Bonchev–Trinajstić information content (AvgIpc) is 2.64. The predicted molar refractivity (Wildman–Crippen MR) is 112 cm³/mol. The van der Waals surface area contributed by atoms with Crippen molar-refractivity contribution in [1.29, 1.82) is 0 Å². The molecule has 0 saturated heterocycles. The Morgan fingerprint density at radius 2 is 1.40 bits per heavy atom. The van der Waals surface area contributed by atoms with Gasteiger partial charge in [0.25, 0.3) is 0 Å². The molecule has 0 spiro atoms. The Hall–Kier alpha value is -1.84. The maximum atomic E-state index is 4.53. The highest BCUT2D eigenvalue weighted by molar-refractivity contribution is 8.00. The van der Waals surface area contributed by atoms with Crippen LogP contribution in [0.1, 0.15) is 18.0 Å². The number of benzene rings is 2. The minimum absolute atomic E-state index is 0.458. The largest absolute Gasteiger partial charge is 0.250 e. The van der Waals surface area contributed by atoms with Crippen LogP contribution in [0.5, 0.6) is 0 Å². The summed E-state index contributed by atoms with van der Waals surface area (Å²) >= 11 is 1.89. The molecule has 1 heterocycles. The fourth-order valence-corrected chi connectivity index (χ4v) is 9.45. The lowest BCUT2D eigenvalue weighted by Gasteiger charge is -2.37. The topological polar surface area (TPSA) is 12.9 Å². The Morgan fingerprint density at radius 3 is 2.00 bits per heavy atom. The molecule has 3 heteroatoms. The molecule has 25 heavy (non-hydrogen) atoms. The summed E-state index contributed by atoms with van der Waals surface area (Å²) in [5, 5.41) is 3.07. The number of pyridine rings is 1. The van der Waals surface area contributed by atoms with E-state index in [2.05, 4.69) is 97.8 Å². The zero-order chi connectivity index (χ0) is 17.7. The SMILES string of the molecule is C[C@H](Sc1ccccn1)[C@H](c1ccccc1)[Si](C)(C)c1ccccc1. The summed E-state index contributed by atoms with van der Waals surface area (Å²) in [4.78, 5) is 4.53. The van der Waals surface area contributed by atoms with Crippen molar-refractivity contribution in [2.45, 2.75) is 35.8 Å². The fraction of sp³-hybridized carbons (Fsp3) is 0.227. The van der Waals surface area contributed by atoms with Gasteiger partial charge in [-0.25, -0.2) is 4.98 Å². The van der Waals surface area contributed by atoms with Gasteiger partial charge in [-0.3, -0.25) is 0 Å². The van der Waals surface area contributed by atoms with Gasteiger partial charge in [-0.15, -0.1) is 11.8 Å². The third kappa shape index (κ3) is 4.23. The average molecular weight is 364 g/mol. The van der Waals surface area contributed by atoms with Crippen molar-refractivity contribution in [3.05, 3.63) is 90.6 Å². The van der Waals surface area contributed by atoms with Crippen molar-refractivity contribution >= 4 is 25.0 Å². The van der Waals surface area contributed by atoms with Gasteiger partial charge in [0, 0.05) is 11.4 Å². The highest BCUT2D eigenvalue weighted by atomic mass is 32.2. The molecule has 0 saturated carbocycles. The molecule has 0 aliphatic carbocycles. The van der Waals surface area contributed by atoms with Gasteiger partial charge in [-0.05, 0) is 23.2 Å². The Labute approximate surface area is 156 Å². The Balaban J connectivity index is 1.98. The smallest absolute Gasteiger partial charge is 0.0962 e. The third-order valence-electron chi connectivity index (χ3n) is 4.87. The van der Waals surface area contributed by atoms with Crippen LogP contribution in [-0.2, 0) is 0 Å². The number of hydrogen-bond donors (Lipinski definition) is 0. The van der Waals surface area contributed by atoms with Crippen LogP contribution in [0.2, 0.25) is 13.1 Å². The molecule has 1 nitrogen and oxygen atoms in total. The summed E-state index contributed by atoms with van der Waals surface area (Å²) in [6, 6.07) is 28.2. The van der Waals surface area contributed by atoms with Crippen molar-refractivity contribution in [2.75, 3.05) is 0 Å². The summed E-state index contributed by atoms with van der Waals surface area (Å²) in [7, 11) is -1.72. The third-order valence-corrected chi connectivity index (χ3v) is 10.4. The zero-order valence-electron chi connectivity index (χ0n) is 15.1. The Morgan fingerprint density at radius 1 is 0.800 bits per heavy atom. The van der Waals surface area contributed by atoms with E-state index in [4.69, 9.17) is 0 Å². The van der Waals surface area contributed by atoms with Gasteiger partial charge < -0.3 is 0 Å². The van der Waals surface area contributed by atoms with Crippen LogP contribution in [0.15, 0.2) is 90.1 Å². The van der Waals surface area contributed by atoms with Gasteiger partial charge in [0.1, 0.15) is 0 Å². The molecule has 3 rings (SSSR count). The molecule has 0 aliphatic heterocycles. The van der Waals surface area contributed by atoms with Crippen LogP contribution in [0.25, 0.3) is 0 Å². The van der Waals surface area contributed by atoms with Crippen molar-refractivity contribution in [1.82, 2.24) is 4.98 Å². The second-order valence-corrected chi connectivity index (χ2v) is 13.0. The first kappa shape index (κ1) is 18.0. The molecule has 0 radical (unpaired) electrons. The maximum absolute atomic E-state index is 4.53. The second-order valence-electron chi connectivity index (χ2n) is 6.97. The highest BCUT2D eigenvalue weighted by Gasteiger charge is 2.38. The lowest BCUT2D eigenvalue weighted by Crippen LogP contribution is -2.50. The molecule has 0 N–H and O–H groups in total. The molecule has 0 fully saturated rings. The normalized spacial score (nSPS) is 14.0. The highest BCUT2D eigenvalue weighted by Crippen LogP contribution is 2.38. The number of nitrogens with zero attached hydrogens (tertiary/aromatic N) is 1. The molecular formula is C22H25NSSi. The summed E-state index contributed by atoms with van der Waals surface area (Å²) in [5.41, 5.74) is 1.96. The number of aromatic nitrogens is 1. The summed E-state index contributed by atoms with van der Waals surface area (Å²) in [6.45, 7) is 7.35. The minimum Gasteiger partial charge on any atom is -0.250 e. The zero-order valence-corrected chi connectivity index (χ0v) is 16.9. The lowest BCUT2D eigenvalue weighted by atomic mass is 10.1. The lowest BCUT2D eigenvalue weighted by molar-refractivity contribution is 0.865. The van der Waals surface area contributed by atoms with Gasteiger partial charge in [0.15, 0.2) is 0 Å². The van der Waals surface area contributed by atoms with Crippen molar-refractivity contribution in [3.8, 4) is 0 Å². The molecule has 2 aromatic carbocycles. The van der Waals surface area contributed by atoms with Crippen LogP contribution in [0.4, 0.5) is 0 Å². The standard InChI is InChI=1S/C22H25NSSi/c1-18(24-21-16-10-11-17-23-21)22(19-12-6-4-7-13-19)25(2,3)20-14-8-5-9-15-20/h4-18,22H,1-3H3/t18-,22+/m0/s1. The van der Waals surface area contributed by atoms with E-state index in [1.807, 2.05) is 24.0 Å². The molecule has 0 amide bonds. The van der Waals surface area contributed by atoms with E-state index in [9.17, 15) is 0 Å². The van der Waals surface area contributed by atoms with Gasteiger partial charge >= 0.3 is 0 Å². The van der Waals surface area contributed by atoms with Gasteiger partial charge in [-0.1, -0.05) is 91.9 Å². The van der Waals surface area contributed by atoms with E-state index in [0.717, 1.165) is 5.03 Å². The van der Waals surface area contributed by atoms with E-state index in [1.54, 1.807) is 0 Å².